The minimum absolute atomic E-state index is 0.494. The van der Waals surface area contributed by atoms with E-state index in [9.17, 15) is 0 Å². The number of rotatable bonds is 3. The second kappa shape index (κ2) is 6.49. The molecule has 0 saturated heterocycles. The van der Waals surface area contributed by atoms with Gasteiger partial charge in [0.25, 0.3) is 0 Å². The van der Waals surface area contributed by atoms with Crippen LogP contribution in [0.25, 0.3) is 10.9 Å². The highest BCUT2D eigenvalue weighted by Crippen LogP contribution is 2.37. The van der Waals surface area contributed by atoms with Crippen LogP contribution in [-0.2, 0) is 6.42 Å². The number of halogens is 1. The lowest BCUT2D eigenvalue weighted by atomic mass is 9.83. The summed E-state index contributed by atoms with van der Waals surface area (Å²) in [6.45, 7) is 2.33. The van der Waals surface area contributed by atoms with Gasteiger partial charge in [-0.25, -0.2) is 0 Å². The van der Waals surface area contributed by atoms with Gasteiger partial charge in [0.2, 0.25) is 0 Å². The Hall–Kier alpha value is -0.990. The molecular formula is C20H27ClN2. The molecule has 4 rings (SSSR count). The molecule has 0 aliphatic heterocycles. The molecule has 1 fully saturated rings. The highest BCUT2D eigenvalue weighted by atomic mass is 35.5. The molecule has 1 unspecified atom stereocenters. The molecule has 0 radical (unpaired) electrons. The molecular weight excluding hydrogens is 304 g/mol. The van der Waals surface area contributed by atoms with Crippen LogP contribution in [0.1, 0.15) is 69.2 Å². The molecule has 1 heterocycles. The maximum Gasteiger partial charge on any atom is 0.0478 e. The monoisotopic (exact) mass is 330 g/mol. The van der Waals surface area contributed by atoms with Gasteiger partial charge >= 0.3 is 0 Å². The van der Waals surface area contributed by atoms with Gasteiger partial charge < -0.3 is 10.3 Å². The molecule has 0 spiro atoms. The Balaban J connectivity index is 1.55. The molecule has 2 N–H and O–H groups in total. The fraction of sp³-hybridized carbons (Fsp3) is 0.600. The van der Waals surface area contributed by atoms with Gasteiger partial charge in [-0.2, -0.15) is 0 Å². The molecule has 1 atom stereocenters. The second-order valence-electron chi connectivity index (χ2n) is 7.44. The number of aromatic amines is 1. The topological polar surface area (TPSA) is 27.8 Å². The Kier molecular flexibility index (Phi) is 4.38. The largest absolute Gasteiger partial charge is 0.357 e. The minimum Gasteiger partial charge on any atom is -0.357 e. The van der Waals surface area contributed by atoms with Crippen molar-refractivity contribution in [3.8, 4) is 0 Å². The van der Waals surface area contributed by atoms with E-state index < -0.39 is 0 Å². The summed E-state index contributed by atoms with van der Waals surface area (Å²) in [7, 11) is 0. The molecule has 0 bridgehead atoms. The molecule has 124 valence electrons. The van der Waals surface area contributed by atoms with Crippen molar-refractivity contribution in [3.05, 3.63) is 34.5 Å². The van der Waals surface area contributed by atoms with Crippen molar-refractivity contribution in [1.82, 2.24) is 10.3 Å². The van der Waals surface area contributed by atoms with Gasteiger partial charge in [0.15, 0.2) is 0 Å². The maximum absolute atomic E-state index is 6.21. The number of aryl methyl sites for hydroxylation is 1. The average Bonchev–Trinajstić information content (AvgIpc) is 2.95. The van der Waals surface area contributed by atoms with E-state index in [1.54, 1.807) is 0 Å². The standard InChI is InChI=1S/C20H27ClN2/c1-2-13-6-9-15(10-7-13)22-19-5-3-4-16-17-12-14(21)8-11-18(17)23-20(16)19/h8,11-13,15,19,22-23H,2-7,9-10H2,1H3. The van der Waals surface area contributed by atoms with Crippen LogP contribution in [0.5, 0.6) is 0 Å². The van der Waals surface area contributed by atoms with Gasteiger partial charge in [-0.3, -0.25) is 0 Å². The van der Waals surface area contributed by atoms with E-state index in [0.29, 0.717) is 12.1 Å². The van der Waals surface area contributed by atoms with Gasteiger partial charge in [-0.15, -0.1) is 0 Å². The molecule has 1 saturated carbocycles. The van der Waals surface area contributed by atoms with Gasteiger partial charge in [-0.05, 0) is 74.6 Å². The van der Waals surface area contributed by atoms with Gasteiger partial charge in [0, 0.05) is 33.7 Å². The van der Waals surface area contributed by atoms with Crippen molar-refractivity contribution < 1.29 is 0 Å². The zero-order valence-corrected chi connectivity index (χ0v) is 14.8. The first-order valence-corrected chi connectivity index (χ1v) is 9.68. The molecule has 0 amide bonds. The molecule has 23 heavy (non-hydrogen) atoms. The molecule has 1 aromatic carbocycles. The second-order valence-corrected chi connectivity index (χ2v) is 7.88. The number of benzene rings is 1. The lowest BCUT2D eigenvalue weighted by Crippen LogP contribution is -2.37. The predicted octanol–water partition coefficient (Wildman–Crippen LogP) is 5.76. The molecule has 2 aliphatic carbocycles. The molecule has 2 aliphatic rings. The summed E-state index contributed by atoms with van der Waals surface area (Å²) in [6, 6.07) is 7.43. The van der Waals surface area contributed by atoms with Crippen LogP contribution in [0.15, 0.2) is 18.2 Å². The third-order valence-corrected chi connectivity index (χ3v) is 6.27. The summed E-state index contributed by atoms with van der Waals surface area (Å²) in [5.41, 5.74) is 4.16. The Morgan fingerprint density at radius 3 is 2.78 bits per heavy atom. The number of hydrogen-bond acceptors (Lipinski definition) is 1. The fourth-order valence-electron chi connectivity index (χ4n) is 4.62. The Morgan fingerprint density at radius 1 is 1.17 bits per heavy atom. The highest BCUT2D eigenvalue weighted by Gasteiger charge is 2.28. The summed E-state index contributed by atoms with van der Waals surface area (Å²) in [6.07, 6.45) is 10.5. The van der Waals surface area contributed by atoms with E-state index in [1.807, 2.05) is 6.07 Å². The van der Waals surface area contributed by atoms with Crippen molar-refractivity contribution >= 4 is 22.5 Å². The lowest BCUT2D eigenvalue weighted by molar-refractivity contribution is 0.260. The first kappa shape index (κ1) is 15.5. The third-order valence-electron chi connectivity index (χ3n) is 6.03. The van der Waals surface area contributed by atoms with Gasteiger partial charge in [-0.1, -0.05) is 24.9 Å². The SMILES string of the molecule is CCC1CCC(NC2CCCc3c2[nH]c2ccc(Cl)cc32)CC1. The van der Waals surface area contributed by atoms with E-state index in [1.165, 1.54) is 73.5 Å². The maximum atomic E-state index is 6.21. The number of fused-ring (bicyclic) bond motifs is 3. The van der Waals surface area contributed by atoms with Crippen LogP contribution in [0.2, 0.25) is 5.02 Å². The van der Waals surface area contributed by atoms with E-state index in [-0.39, 0.29) is 0 Å². The van der Waals surface area contributed by atoms with Crippen LogP contribution in [0.4, 0.5) is 0 Å². The Morgan fingerprint density at radius 2 is 2.00 bits per heavy atom. The van der Waals surface area contributed by atoms with Crippen LogP contribution >= 0.6 is 11.6 Å². The summed E-state index contributed by atoms with van der Waals surface area (Å²) in [5, 5.41) is 6.14. The molecule has 2 aromatic rings. The van der Waals surface area contributed by atoms with E-state index in [4.69, 9.17) is 11.6 Å². The lowest BCUT2D eigenvalue weighted by Gasteiger charge is -2.33. The first-order valence-electron chi connectivity index (χ1n) is 9.30. The quantitative estimate of drug-likeness (QED) is 0.736. The van der Waals surface area contributed by atoms with Crippen LogP contribution in [-0.4, -0.2) is 11.0 Å². The summed E-state index contributed by atoms with van der Waals surface area (Å²) in [5.74, 6) is 0.963. The average molecular weight is 331 g/mol. The zero-order chi connectivity index (χ0) is 15.8. The number of aromatic nitrogens is 1. The van der Waals surface area contributed by atoms with E-state index in [0.717, 1.165) is 10.9 Å². The van der Waals surface area contributed by atoms with E-state index >= 15 is 0 Å². The molecule has 2 nitrogen and oxygen atoms in total. The summed E-state index contributed by atoms with van der Waals surface area (Å²) < 4.78 is 0. The number of nitrogens with one attached hydrogen (secondary N) is 2. The summed E-state index contributed by atoms with van der Waals surface area (Å²) >= 11 is 6.21. The van der Waals surface area contributed by atoms with Crippen molar-refractivity contribution in [2.24, 2.45) is 5.92 Å². The van der Waals surface area contributed by atoms with Crippen molar-refractivity contribution in [3.63, 3.8) is 0 Å². The van der Waals surface area contributed by atoms with E-state index in [2.05, 4.69) is 29.4 Å². The van der Waals surface area contributed by atoms with Crippen LogP contribution in [0, 0.1) is 5.92 Å². The number of H-pyrrole nitrogens is 1. The van der Waals surface area contributed by atoms with Crippen LogP contribution in [0.3, 0.4) is 0 Å². The highest BCUT2D eigenvalue weighted by molar-refractivity contribution is 6.31. The molecule has 3 heteroatoms. The van der Waals surface area contributed by atoms with Gasteiger partial charge in [0.1, 0.15) is 0 Å². The fourth-order valence-corrected chi connectivity index (χ4v) is 4.80. The third kappa shape index (κ3) is 3.04. The summed E-state index contributed by atoms with van der Waals surface area (Å²) in [4.78, 5) is 3.68. The normalized spacial score (nSPS) is 28.0. The van der Waals surface area contributed by atoms with Crippen molar-refractivity contribution in [1.29, 1.82) is 0 Å². The number of hydrogen-bond donors (Lipinski definition) is 2. The smallest absolute Gasteiger partial charge is 0.0478 e. The van der Waals surface area contributed by atoms with Gasteiger partial charge in [0.05, 0.1) is 0 Å². The van der Waals surface area contributed by atoms with Crippen LogP contribution < -0.4 is 5.32 Å². The first-order chi connectivity index (χ1) is 11.2. The minimum atomic E-state index is 0.494. The molecule has 1 aromatic heterocycles. The zero-order valence-electron chi connectivity index (χ0n) is 14.0. The Bertz CT molecular complexity index is 682. The van der Waals surface area contributed by atoms with Crippen molar-refractivity contribution in [2.45, 2.75) is 70.4 Å². The van der Waals surface area contributed by atoms with Crippen molar-refractivity contribution in [2.75, 3.05) is 0 Å². The Labute approximate surface area is 144 Å². The predicted molar refractivity (Wildman–Crippen MR) is 98.2 cm³/mol.